The lowest BCUT2D eigenvalue weighted by Crippen LogP contribution is -2.31. The second kappa shape index (κ2) is 7.83. The number of carbonyl (C=O) groups is 1. The summed E-state index contributed by atoms with van der Waals surface area (Å²) in [5.74, 6) is 1.41. The number of nitrogens with zero attached hydrogens (tertiary/aromatic N) is 1. The number of hydrogen-bond donors (Lipinski definition) is 0. The summed E-state index contributed by atoms with van der Waals surface area (Å²) in [7, 11) is 0. The Morgan fingerprint density at radius 3 is 2.56 bits per heavy atom. The van der Waals surface area contributed by atoms with Gasteiger partial charge >= 0.3 is 0 Å². The minimum atomic E-state index is -0.214. The van der Waals surface area contributed by atoms with E-state index in [0.29, 0.717) is 31.3 Å². The number of ether oxygens (including phenoxy) is 2. The molecule has 0 spiro atoms. The van der Waals surface area contributed by atoms with Gasteiger partial charge in [0.25, 0.3) is 5.91 Å². The highest BCUT2D eigenvalue weighted by molar-refractivity contribution is 6.04. The maximum Gasteiger partial charge on any atom is 0.294 e. The monoisotopic (exact) mass is 361 g/mol. The summed E-state index contributed by atoms with van der Waals surface area (Å²) in [5, 5.41) is 0. The normalized spacial score (nSPS) is 12.9. The topological polar surface area (TPSA) is 51.9 Å². The third kappa shape index (κ3) is 3.87. The van der Waals surface area contributed by atoms with Crippen LogP contribution in [0.2, 0.25) is 0 Å². The summed E-state index contributed by atoms with van der Waals surface area (Å²) in [5.41, 5.74) is 1.79. The Kier molecular flexibility index (Phi) is 4.92. The van der Waals surface area contributed by atoms with Gasteiger partial charge in [-0.05, 0) is 29.8 Å². The lowest BCUT2D eigenvalue weighted by Gasteiger charge is -2.24. The van der Waals surface area contributed by atoms with E-state index in [0.717, 1.165) is 11.3 Å². The van der Waals surface area contributed by atoms with Crippen molar-refractivity contribution < 1.29 is 18.7 Å². The third-order valence-corrected chi connectivity index (χ3v) is 4.21. The van der Waals surface area contributed by atoms with Crippen molar-refractivity contribution >= 4 is 17.7 Å². The molecule has 5 heteroatoms. The zero-order valence-electron chi connectivity index (χ0n) is 14.7. The van der Waals surface area contributed by atoms with Gasteiger partial charge in [0.1, 0.15) is 13.2 Å². The van der Waals surface area contributed by atoms with Crippen molar-refractivity contribution in [3.63, 3.8) is 0 Å². The smallest absolute Gasteiger partial charge is 0.294 e. The molecule has 136 valence electrons. The molecule has 5 nitrogen and oxygen atoms in total. The first-order chi connectivity index (χ1) is 13.3. The van der Waals surface area contributed by atoms with Crippen LogP contribution in [0, 0.1) is 0 Å². The molecule has 3 aromatic rings. The highest BCUT2D eigenvalue weighted by Gasteiger charge is 2.21. The van der Waals surface area contributed by atoms with Gasteiger partial charge in [-0.25, -0.2) is 0 Å². The van der Waals surface area contributed by atoms with Crippen LogP contribution in [0.3, 0.4) is 0 Å². The van der Waals surface area contributed by atoms with Crippen LogP contribution in [-0.2, 0) is 0 Å². The predicted molar refractivity (Wildman–Crippen MR) is 103 cm³/mol. The van der Waals surface area contributed by atoms with Crippen molar-refractivity contribution in [2.24, 2.45) is 0 Å². The second-order valence-electron chi connectivity index (χ2n) is 6.03. The molecule has 0 N–H and O–H groups in total. The van der Waals surface area contributed by atoms with Crippen LogP contribution in [0.4, 0.5) is 5.69 Å². The Bertz CT molecular complexity index is 932. The number of hydrogen-bond acceptors (Lipinski definition) is 4. The van der Waals surface area contributed by atoms with Crippen molar-refractivity contribution in [2.45, 2.75) is 0 Å². The maximum absolute atomic E-state index is 12.9. The zero-order chi connectivity index (χ0) is 18.5. The number of furan rings is 1. The summed E-state index contributed by atoms with van der Waals surface area (Å²) in [6, 6.07) is 18.8. The summed E-state index contributed by atoms with van der Waals surface area (Å²) < 4.78 is 16.5. The number of benzene rings is 2. The molecule has 1 aromatic heterocycles. The van der Waals surface area contributed by atoms with Crippen LogP contribution in [0.1, 0.15) is 16.1 Å². The molecule has 2 heterocycles. The lowest BCUT2D eigenvalue weighted by molar-refractivity contribution is 0.0963. The minimum Gasteiger partial charge on any atom is -0.486 e. The first kappa shape index (κ1) is 17.0. The summed E-state index contributed by atoms with van der Waals surface area (Å²) in [6.07, 6.45) is 5.43. The largest absolute Gasteiger partial charge is 0.486 e. The van der Waals surface area contributed by atoms with E-state index in [1.54, 1.807) is 17.0 Å². The Labute approximate surface area is 157 Å². The van der Waals surface area contributed by atoms with Gasteiger partial charge in [-0.2, -0.15) is 0 Å². The van der Waals surface area contributed by atoms with Gasteiger partial charge in [-0.1, -0.05) is 42.5 Å². The van der Waals surface area contributed by atoms with Gasteiger partial charge < -0.3 is 18.8 Å². The number of fused-ring (bicyclic) bond motifs is 1. The first-order valence-electron chi connectivity index (χ1n) is 8.78. The molecule has 0 bridgehead atoms. The predicted octanol–water partition coefficient (Wildman–Crippen LogP) is 4.41. The molecule has 27 heavy (non-hydrogen) atoms. The van der Waals surface area contributed by atoms with E-state index in [2.05, 4.69) is 0 Å². The highest BCUT2D eigenvalue weighted by Crippen LogP contribution is 2.34. The fraction of sp³-hybridized carbons (Fsp3) is 0.136. The van der Waals surface area contributed by atoms with E-state index in [4.69, 9.17) is 13.9 Å². The van der Waals surface area contributed by atoms with Crippen LogP contribution >= 0.6 is 0 Å². The van der Waals surface area contributed by atoms with Crippen molar-refractivity contribution in [1.29, 1.82) is 0 Å². The zero-order valence-corrected chi connectivity index (χ0v) is 14.7. The van der Waals surface area contributed by atoms with Crippen LogP contribution in [0.15, 0.2) is 77.4 Å². The van der Waals surface area contributed by atoms with Crippen molar-refractivity contribution in [3.05, 3.63) is 84.3 Å². The lowest BCUT2D eigenvalue weighted by atomic mass is 10.2. The third-order valence-electron chi connectivity index (χ3n) is 4.21. The van der Waals surface area contributed by atoms with Crippen LogP contribution < -0.4 is 14.4 Å². The fourth-order valence-electron chi connectivity index (χ4n) is 2.90. The van der Waals surface area contributed by atoms with Crippen LogP contribution in [-0.4, -0.2) is 25.7 Å². The molecular weight excluding hydrogens is 342 g/mol. The Morgan fingerprint density at radius 1 is 0.963 bits per heavy atom. The summed E-state index contributed by atoms with van der Waals surface area (Å²) in [6.45, 7) is 1.42. The standard InChI is InChI=1S/C22H19NO4/c24-22(20-9-5-13-25-20)23(12-4-8-17-6-2-1-3-7-17)18-10-11-19-21(16-18)27-15-14-26-19/h1-11,13,16H,12,14-15H2/b8-4+. The maximum atomic E-state index is 12.9. The molecule has 0 fully saturated rings. The Morgan fingerprint density at radius 2 is 1.78 bits per heavy atom. The van der Waals surface area contributed by atoms with Gasteiger partial charge in [0.15, 0.2) is 17.3 Å². The van der Waals surface area contributed by atoms with E-state index in [1.165, 1.54) is 6.26 Å². The molecule has 4 rings (SSSR count). The molecule has 0 atom stereocenters. The van der Waals surface area contributed by atoms with Crippen molar-refractivity contribution in [3.8, 4) is 11.5 Å². The van der Waals surface area contributed by atoms with Gasteiger partial charge in [0.2, 0.25) is 0 Å². The number of amides is 1. The molecule has 0 saturated heterocycles. The molecule has 0 radical (unpaired) electrons. The number of rotatable bonds is 5. The molecular formula is C22H19NO4. The summed E-state index contributed by atoms with van der Waals surface area (Å²) in [4.78, 5) is 14.6. The highest BCUT2D eigenvalue weighted by atomic mass is 16.6. The van der Waals surface area contributed by atoms with Gasteiger partial charge in [-0.15, -0.1) is 0 Å². The molecule has 1 amide bonds. The SMILES string of the molecule is O=C(c1ccco1)N(C/C=C/c1ccccc1)c1ccc2c(c1)OCCO2. The number of anilines is 1. The Hall–Kier alpha value is -3.47. The van der Waals surface area contributed by atoms with Gasteiger partial charge in [-0.3, -0.25) is 4.79 Å². The Balaban J connectivity index is 1.61. The molecule has 1 aliphatic rings. The van der Waals surface area contributed by atoms with Gasteiger partial charge in [0, 0.05) is 18.3 Å². The van der Waals surface area contributed by atoms with E-state index >= 15 is 0 Å². The van der Waals surface area contributed by atoms with Crippen LogP contribution in [0.5, 0.6) is 11.5 Å². The van der Waals surface area contributed by atoms with Crippen molar-refractivity contribution in [1.82, 2.24) is 0 Å². The average Bonchev–Trinajstić information content (AvgIpc) is 3.26. The minimum absolute atomic E-state index is 0.214. The second-order valence-corrected chi connectivity index (χ2v) is 6.03. The van der Waals surface area contributed by atoms with E-state index in [9.17, 15) is 4.79 Å². The van der Waals surface area contributed by atoms with E-state index in [1.807, 2.05) is 60.7 Å². The molecule has 2 aromatic carbocycles. The molecule has 0 aliphatic carbocycles. The molecule has 0 saturated carbocycles. The van der Waals surface area contributed by atoms with Gasteiger partial charge in [0.05, 0.1) is 6.26 Å². The van der Waals surface area contributed by atoms with Crippen LogP contribution in [0.25, 0.3) is 6.08 Å². The van der Waals surface area contributed by atoms with E-state index < -0.39 is 0 Å². The average molecular weight is 361 g/mol. The molecule has 1 aliphatic heterocycles. The quantitative estimate of drug-likeness (QED) is 0.675. The number of carbonyl (C=O) groups excluding carboxylic acids is 1. The summed E-state index contributed by atoms with van der Waals surface area (Å²) >= 11 is 0. The van der Waals surface area contributed by atoms with Crippen molar-refractivity contribution in [2.75, 3.05) is 24.7 Å². The fourth-order valence-corrected chi connectivity index (χ4v) is 2.90. The first-order valence-corrected chi connectivity index (χ1v) is 8.78. The van der Waals surface area contributed by atoms with E-state index in [-0.39, 0.29) is 11.7 Å². The molecule has 0 unspecified atom stereocenters.